The van der Waals surface area contributed by atoms with Crippen LogP contribution >= 0.6 is 11.3 Å². The van der Waals surface area contributed by atoms with E-state index in [0.717, 1.165) is 5.65 Å². The third-order valence-electron chi connectivity index (χ3n) is 1.98. The lowest BCUT2D eigenvalue weighted by atomic mass is 10.3. The summed E-state index contributed by atoms with van der Waals surface area (Å²) >= 11 is 1.74. The highest BCUT2D eigenvalue weighted by molar-refractivity contribution is 7.18. The molecule has 0 bridgehead atoms. The number of rotatable bonds is 0. The number of thiophene rings is 1. The highest BCUT2D eigenvalue weighted by atomic mass is 32.1. The zero-order valence-corrected chi connectivity index (χ0v) is 7.08. The number of imidazole rings is 1. The summed E-state index contributed by atoms with van der Waals surface area (Å²) in [7, 11) is 0. The van der Waals surface area contributed by atoms with E-state index in [2.05, 4.69) is 22.5 Å². The van der Waals surface area contributed by atoms with Gasteiger partial charge in [-0.25, -0.2) is 4.98 Å². The van der Waals surface area contributed by atoms with Crippen molar-refractivity contribution in [2.45, 2.75) is 0 Å². The molecule has 0 spiro atoms. The van der Waals surface area contributed by atoms with Crippen molar-refractivity contribution < 1.29 is 0 Å². The third-order valence-corrected chi connectivity index (χ3v) is 2.91. The van der Waals surface area contributed by atoms with Gasteiger partial charge in [0.2, 0.25) is 0 Å². The fraction of sp³-hybridized carbons (Fsp3) is 0. The van der Waals surface area contributed by atoms with E-state index in [4.69, 9.17) is 0 Å². The summed E-state index contributed by atoms with van der Waals surface area (Å²) in [4.78, 5) is 4.29. The first kappa shape index (κ1) is 6.20. The Bertz CT molecular complexity index is 486. The highest BCUT2D eigenvalue weighted by Crippen LogP contribution is 2.23. The average molecular weight is 174 g/mol. The molecule has 2 nitrogen and oxygen atoms in total. The van der Waals surface area contributed by atoms with Crippen molar-refractivity contribution in [2.75, 3.05) is 0 Å². The van der Waals surface area contributed by atoms with Crippen LogP contribution in [0.5, 0.6) is 0 Å². The summed E-state index contributed by atoms with van der Waals surface area (Å²) in [6.45, 7) is 0. The molecular formula is C9H6N2S. The number of nitrogens with zero attached hydrogens (tertiary/aromatic N) is 2. The molecule has 3 heterocycles. The molecule has 3 aromatic rings. The second-order valence-corrected chi connectivity index (χ2v) is 3.60. The van der Waals surface area contributed by atoms with E-state index in [-0.39, 0.29) is 0 Å². The van der Waals surface area contributed by atoms with E-state index in [9.17, 15) is 0 Å². The Morgan fingerprint density at radius 2 is 2.25 bits per heavy atom. The molecule has 0 aliphatic carbocycles. The maximum absolute atomic E-state index is 4.29. The number of fused-ring (bicyclic) bond motifs is 3. The summed E-state index contributed by atoms with van der Waals surface area (Å²) in [6, 6.07) is 4.23. The molecule has 0 aromatic carbocycles. The topological polar surface area (TPSA) is 17.3 Å². The van der Waals surface area contributed by atoms with Crippen LogP contribution in [0.15, 0.2) is 36.1 Å². The molecule has 58 valence electrons. The number of hydrogen-bond donors (Lipinski definition) is 0. The predicted octanol–water partition coefficient (Wildman–Crippen LogP) is 2.55. The normalized spacial score (nSPS) is 11.3. The molecule has 0 N–H and O–H groups in total. The molecule has 0 atom stereocenters. The van der Waals surface area contributed by atoms with Crippen molar-refractivity contribution in [2.24, 2.45) is 0 Å². The number of pyridine rings is 1. The Balaban J connectivity index is 2.71. The summed E-state index contributed by atoms with van der Waals surface area (Å²) in [6.07, 6.45) is 5.83. The van der Waals surface area contributed by atoms with Gasteiger partial charge >= 0.3 is 0 Å². The molecule has 0 saturated carbocycles. The first-order valence-electron chi connectivity index (χ1n) is 3.74. The van der Waals surface area contributed by atoms with Crippen molar-refractivity contribution in [3.8, 4) is 0 Å². The Morgan fingerprint density at radius 1 is 1.25 bits per heavy atom. The Kier molecular flexibility index (Phi) is 1.07. The van der Waals surface area contributed by atoms with Crippen LogP contribution in [0.25, 0.3) is 15.7 Å². The van der Waals surface area contributed by atoms with Gasteiger partial charge in [0, 0.05) is 18.6 Å². The fourth-order valence-electron chi connectivity index (χ4n) is 1.40. The highest BCUT2D eigenvalue weighted by Gasteiger charge is 2.00. The van der Waals surface area contributed by atoms with Crippen LogP contribution in [-0.2, 0) is 0 Å². The molecule has 3 heteroatoms. The number of aromatic nitrogens is 2. The second-order valence-electron chi connectivity index (χ2n) is 2.68. The Morgan fingerprint density at radius 3 is 3.25 bits per heavy atom. The van der Waals surface area contributed by atoms with E-state index in [1.54, 1.807) is 11.3 Å². The van der Waals surface area contributed by atoms with Gasteiger partial charge in [0.05, 0.1) is 4.70 Å². The van der Waals surface area contributed by atoms with Crippen LogP contribution in [0.1, 0.15) is 0 Å². The molecule has 0 unspecified atom stereocenters. The molecule has 0 fully saturated rings. The molecule has 0 saturated heterocycles. The lowest BCUT2D eigenvalue weighted by Gasteiger charge is -1.92. The monoisotopic (exact) mass is 174 g/mol. The molecule has 0 radical (unpaired) electrons. The molecule has 0 amide bonds. The Hall–Kier alpha value is -1.35. The Labute approximate surface area is 73.1 Å². The first-order valence-corrected chi connectivity index (χ1v) is 4.62. The summed E-state index contributed by atoms with van der Waals surface area (Å²) < 4.78 is 3.31. The lowest BCUT2D eigenvalue weighted by Crippen LogP contribution is -1.79. The smallest absolute Gasteiger partial charge is 0.154 e. The van der Waals surface area contributed by atoms with Crippen molar-refractivity contribution in [3.05, 3.63) is 36.1 Å². The predicted molar refractivity (Wildman–Crippen MR) is 50.6 cm³/mol. The zero-order chi connectivity index (χ0) is 7.97. The molecule has 0 aliphatic heterocycles. The van der Waals surface area contributed by atoms with Gasteiger partial charge in [0.25, 0.3) is 0 Å². The largest absolute Gasteiger partial charge is 0.306 e. The summed E-state index contributed by atoms with van der Waals surface area (Å²) in [5, 5.41) is 3.37. The van der Waals surface area contributed by atoms with E-state index in [1.165, 1.54) is 10.1 Å². The van der Waals surface area contributed by atoms with E-state index >= 15 is 0 Å². The van der Waals surface area contributed by atoms with Gasteiger partial charge < -0.3 is 4.40 Å². The van der Waals surface area contributed by atoms with E-state index < -0.39 is 0 Å². The SMILES string of the molecule is c1cn2ccc3ccsc3c2n1. The molecule has 0 aliphatic rings. The van der Waals surface area contributed by atoms with Crippen molar-refractivity contribution in [3.63, 3.8) is 0 Å². The van der Waals surface area contributed by atoms with Gasteiger partial charge in [-0.2, -0.15) is 0 Å². The van der Waals surface area contributed by atoms with Crippen LogP contribution in [0.3, 0.4) is 0 Å². The van der Waals surface area contributed by atoms with Crippen LogP contribution in [-0.4, -0.2) is 9.38 Å². The van der Waals surface area contributed by atoms with E-state index in [0.29, 0.717) is 0 Å². The van der Waals surface area contributed by atoms with Gasteiger partial charge in [0.15, 0.2) is 5.65 Å². The van der Waals surface area contributed by atoms with E-state index in [1.807, 2.05) is 23.0 Å². The van der Waals surface area contributed by atoms with Gasteiger partial charge in [-0.15, -0.1) is 11.3 Å². The maximum atomic E-state index is 4.29. The van der Waals surface area contributed by atoms with Crippen LogP contribution < -0.4 is 0 Å². The van der Waals surface area contributed by atoms with Crippen LogP contribution in [0.2, 0.25) is 0 Å². The van der Waals surface area contributed by atoms with Crippen molar-refractivity contribution >= 4 is 27.1 Å². The fourth-order valence-corrected chi connectivity index (χ4v) is 2.29. The third kappa shape index (κ3) is 0.662. The minimum Gasteiger partial charge on any atom is -0.306 e. The molecule has 12 heavy (non-hydrogen) atoms. The lowest BCUT2D eigenvalue weighted by molar-refractivity contribution is 1.21. The summed E-state index contributed by atoms with van der Waals surface area (Å²) in [5.41, 5.74) is 1.06. The first-order chi connectivity index (χ1) is 5.95. The quantitative estimate of drug-likeness (QED) is 0.512. The summed E-state index contributed by atoms with van der Waals surface area (Å²) in [5.74, 6) is 0. The number of hydrogen-bond acceptors (Lipinski definition) is 2. The van der Waals surface area contributed by atoms with Crippen molar-refractivity contribution in [1.82, 2.24) is 9.38 Å². The maximum Gasteiger partial charge on any atom is 0.154 e. The van der Waals surface area contributed by atoms with Crippen LogP contribution in [0.4, 0.5) is 0 Å². The molecule has 3 rings (SSSR count). The average Bonchev–Trinajstić information content (AvgIpc) is 2.71. The van der Waals surface area contributed by atoms with Crippen molar-refractivity contribution in [1.29, 1.82) is 0 Å². The standard InChI is InChI=1S/C9H6N2S/c1-4-11-5-3-10-9(11)8-7(1)2-6-12-8/h1-6H. The van der Waals surface area contributed by atoms with Crippen LogP contribution in [0, 0.1) is 0 Å². The minimum atomic E-state index is 1.06. The molecular weight excluding hydrogens is 168 g/mol. The van der Waals surface area contributed by atoms with Gasteiger partial charge in [-0.05, 0) is 22.9 Å². The van der Waals surface area contributed by atoms with Gasteiger partial charge in [-0.1, -0.05) is 0 Å². The minimum absolute atomic E-state index is 1.06. The van der Waals surface area contributed by atoms with Gasteiger partial charge in [-0.3, -0.25) is 0 Å². The second kappa shape index (κ2) is 2.08. The molecule has 3 aromatic heterocycles. The van der Waals surface area contributed by atoms with Gasteiger partial charge in [0.1, 0.15) is 0 Å². The zero-order valence-electron chi connectivity index (χ0n) is 6.27.